The van der Waals surface area contributed by atoms with E-state index >= 15 is 0 Å². The molecule has 0 saturated carbocycles. The number of nitrogens with zero attached hydrogens (tertiary/aromatic N) is 2. The molecule has 1 fully saturated rings. The molecule has 0 spiro atoms. The molecular formula is C16H35N3. The van der Waals surface area contributed by atoms with Crippen LogP contribution in [0.1, 0.15) is 41.5 Å². The van der Waals surface area contributed by atoms with Crippen molar-refractivity contribution in [3.8, 4) is 0 Å². The van der Waals surface area contributed by atoms with E-state index in [0.29, 0.717) is 24.0 Å². The van der Waals surface area contributed by atoms with Gasteiger partial charge in [0, 0.05) is 31.2 Å². The first kappa shape index (κ1) is 16.9. The number of hydrogen-bond donors (Lipinski definition) is 1. The Labute approximate surface area is 120 Å². The second-order valence-electron chi connectivity index (χ2n) is 7.09. The van der Waals surface area contributed by atoms with E-state index in [-0.39, 0.29) is 0 Å². The van der Waals surface area contributed by atoms with Crippen molar-refractivity contribution in [2.24, 2.45) is 11.8 Å². The van der Waals surface area contributed by atoms with Crippen molar-refractivity contribution >= 4 is 0 Å². The highest BCUT2D eigenvalue weighted by Gasteiger charge is 2.30. The summed E-state index contributed by atoms with van der Waals surface area (Å²) in [6, 6.07) is 2.00. The summed E-state index contributed by atoms with van der Waals surface area (Å²) in [7, 11) is 2.25. The molecule has 0 bridgehead atoms. The third kappa shape index (κ3) is 5.05. The molecule has 0 radical (unpaired) electrons. The lowest BCUT2D eigenvalue weighted by atomic mass is 9.98. The van der Waals surface area contributed by atoms with Gasteiger partial charge < -0.3 is 5.32 Å². The maximum atomic E-state index is 3.60. The van der Waals surface area contributed by atoms with E-state index in [9.17, 15) is 0 Å². The van der Waals surface area contributed by atoms with Crippen LogP contribution in [0, 0.1) is 11.8 Å². The number of piperazine rings is 1. The standard InChI is InChI=1S/C16H35N3/c1-12(2)8-17-9-13(3)16(6)19-10-14(4)18(7)15(5)11-19/h12-17H,8-11H2,1-7H3. The molecule has 1 aliphatic heterocycles. The van der Waals surface area contributed by atoms with Crippen LogP contribution in [0.3, 0.4) is 0 Å². The van der Waals surface area contributed by atoms with Gasteiger partial charge in [0.1, 0.15) is 0 Å². The minimum Gasteiger partial charge on any atom is -0.316 e. The predicted molar refractivity (Wildman–Crippen MR) is 84.6 cm³/mol. The summed E-state index contributed by atoms with van der Waals surface area (Å²) in [5, 5.41) is 3.60. The summed E-state index contributed by atoms with van der Waals surface area (Å²) >= 11 is 0. The zero-order chi connectivity index (χ0) is 14.6. The summed E-state index contributed by atoms with van der Waals surface area (Å²) in [6.45, 7) is 18.7. The Balaban J connectivity index is 2.41. The molecule has 114 valence electrons. The summed E-state index contributed by atoms with van der Waals surface area (Å²) in [4.78, 5) is 5.18. The molecule has 3 nitrogen and oxygen atoms in total. The van der Waals surface area contributed by atoms with E-state index in [1.165, 1.54) is 13.1 Å². The summed E-state index contributed by atoms with van der Waals surface area (Å²) in [6.07, 6.45) is 0. The second kappa shape index (κ2) is 7.61. The molecule has 1 N–H and O–H groups in total. The van der Waals surface area contributed by atoms with Gasteiger partial charge in [-0.3, -0.25) is 9.80 Å². The predicted octanol–water partition coefficient (Wildman–Crippen LogP) is 2.28. The monoisotopic (exact) mass is 269 g/mol. The van der Waals surface area contributed by atoms with E-state index < -0.39 is 0 Å². The highest BCUT2D eigenvalue weighted by atomic mass is 15.3. The van der Waals surface area contributed by atoms with Gasteiger partial charge >= 0.3 is 0 Å². The summed E-state index contributed by atoms with van der Waals surface area (Å²) < 4.78 is 0. The molecular weight excluding hydrogens is 234 g/mol. The Morgan fingerprint density at radius 1 is 1.00 bits per heavy atom. The van der Waals surface area contributed by atoms with Crippen LogP contribution in [-0.4, -0.2) is 61.2 Å². The SMILES string of the molecule is CC(C)CNCC(C)C(C)N1CC(C)N(C)C(C)C1. The van der Waals surface area contributed by atoms with Crippen LogP contribution in [-0.2, 0) is 0 Å². The van der Waals surface area contributed by atoms with Gasteiger partial charge in [-0.05, 0) is 52.7 Å². The van der Waals surface area contributed by atoms with Gasteiger partial charge in [-0.1, -0.05) is 20.8 Å². The molecule has 0 aliphatic carbocycles. The van der Waals surface area contributed by atoms with Crippen molar-refractivity contribution in [1.82, 2.24) is 15.1 Å². The molecule has 4 atom stereocenters. The zero-order valence-corrected chi connectivity index (χ0v) is 14.1. The quantitative estimate of drug-likeness (QED) is 0.798. The van der Waals surface area contributed by atoms with Crippen molar-refractivity contribution < 1.29 is 0 Å². The van der Waals surface area contributed by atoms with Crippen LogP contribution in [0.2, 0.25) is 0 Å². The first-order valence-electron chi connectivity index (χ1n) is 7.99. The van der Waals surface area contributed by atoms with Gasteiger partial charge in [0.05, 0.1) is 0 Å². The Morgan fingerprint density at radius 3 is 2.00 bits per heavy atom. The Morgan fingerprint density at radius 2 is 1.53 bits per heavy atom. The highest BCUT2D eigenvalue weighted by Crippen LogP contribution is 2.19. The molecule has 0 amide bonds. The molecule has 4 unspecified atom stereocenters. The summed E-state index contributed by atoms with van der Waals surface area (Å²) in [5.74, 6) is 1.45. The minimum atomic E-state index is 0.665. The van der Waals surface area contributed by atoms with E-state index in [1.807, 2.05) is 0 Å². The summed E-state index contributed by atoms with van der Waals surface area (Å²) in [5.41, 5.74) is 0. The lowest BCUT2D eigenvalue weighted by molar-refractivity contribution is 0.0241. The van der Waals surface area contributed by atoms with Crippen LogP contribution in [0.15, 0.2) is 0 Å². The molecule has 1 saturated heterocycles. The topological polar surface area (TPSA) is 18.5 Å². The molecule has 0 aromatic rings. The van der Waals surface area contributed by atoms with Gasteiger partial charge in [-0.2, -0.15) is 0 Å². The Kier molecular flexibility index (Phi) is 6.78. The Hall–Kier alpha value is -0.120. The third-order valence-corrected chi connectivity index (χ3v) is 4.81. The number of likely N-dealkylation sites (N-methyl/N-ethyl adjacent to an activating group) is 1. The lowest BCUT2D eigenvalue weighted by Crippen LogP contribution is -2.58. The van der Waals surface area contributed by atoms with Crippen LogP contribution in [0.5, 0.6) is 0 Å². The van der Waals surface area contributed by atoms with Gasteiger partial charge in [0.15, 0.2) is 0 Å². The molecule has 19 heavy (non-hydrogen) atoms. The fourth-order valence-corrected chi connectivity index (χ4v) is 2.91. The average Bonchev–Trinajstić information content (AvgIpc) is 2.33. The number of hydrogen-bond acceptors (Lipinski definition) is 3. The number of nitrogens with one attached hydrogen (secondary N) is 1. The molecule has 0 aromatic heterocycles. The number of rotatable bonds is 6. The van der Waals surface area contributed by atoms with E-state index in [0.717, 1.165) is 19.0 Å². The van der Waals surface area contributed by atoms with Crippen LogP contribution >= 0.6 is 0 Å². The average molecular weight is 269 g/mol. The smallest absolute Gasteiger partial charge is 0.0195 e. The van der Waals surface area contributed by atoms with Gasteiger partial charge in [-0.15, -0.1) is 0 Å². The zero-order valence-electron chi connectivity index (χ0n) is 14.1. The normalized spacial score (nSPS) is 29.7. The fourth-order valence-electron chi connectivity index (χ4n) is 2.91. The van der Waals surface area contributed by atoms with Crippen molar-refractivity contribution in [3.63, 3.8) is 0 Å². The maximum absolute atomic E-state index is 3.60. The van der Waals surface area contributed by atoms with Crippen molar-refractivity contribution in [1.29, 1.82) is 0 Å². The van der Waals surface area contributed by atoms with Crippen LogP contribution in [0.4, 0.5) is 0 Å². The van der Waals surface area contributed by atoms with Crippen LogP contribution in [0.25, 0.3) is 0 Å². The molecule has 1 heterocycles. The Bertz CT molecular complexity index is 242. The molecule has 3 heteroatoms. The lowest BCUT2D eigenvalue weighted by Gasteiger charge is -2.46. The van der Waals surface area contributed by atoms with E-state index in [2.05, 4.69) is 63.7 Å². The molecule has 1 rings (SSSR count). The van der Waals surface area contributed by atoms with Gasteiger partial charge in [0.2, 0.25) is 0 Å². The van der Waals surface area contributed by atoms with Crippen LogP contribution < -0.4 is 5.32 Å². The first-order chi connectivity index (χ1) is 8.82. The van der Waals surface area contributed by atoms with Crippen molar-refractivity contribution in [3.05, 3.63) is 0 Å². The fraction of sp³-hybridized carbons (Fsp3) is 1.00. The largest absolute Gasteiger partial charge is 0.316 e. The van der Waals surface area contributed by atoms with E-state index in [1.54, 1.807) is 0 Å². The maximum Gasteiger partial charge on any atom is 0.0195 e. The van der Waals surface area contributed by atoms with Crippen molar-refractivity contribution in [2.75, 3.05) is 33.2 Å². The third-order valence-electron chi connectivity index (χ3n) is 4.81. The highest BCUT2D eigenvalue weighted by molar-refractivity contribution is 4.87. The van der Waals surface area contributed by atoms with E-state index in [4.69, 9.17) is 0 Å². The molecule has 1 aliphatic rings. The van der Waals surface area contributed by atoms with Gasteiger partial charge in [0.25, 0.3) is 0 Å². The van der Waals surface area contributed by atoms with Gasteiger partial charge in [-0.25, -0.2) is 0 Å². The first-order valence-corrected chi connectivity index (χ1v) is 7.99. The minimum absolute atomic E-state index is 0.665. The van der Waals surface area contributed by atoms with Crippen molar-refractivity contribution in [2.45, 2.75) is 59.7 Å². The molecule has 0 aromatic carbocycles. The second-order valence-corrected chi connectivity index (χ2v) is 7.09.